The van der Waals surface area contributed by atoms with E-state index >= 15 is 0 Å². The van der Waals surface area contributed by atoms with Gasteiger partial charge in [0.15, 0.2) is 0 Å². The van der Waals surface area contributed by atoms with Gasteiger partial charge in [0.05, 0.1) is 24.8 Å². The van der Waals surface area contributed by atoms with E-state index in [1.807, 2.05) is 0 Å². The Hall–Kier alpha value is -1.91. The smallest absolute Gasteiger partial charge is 0.246 e. The minimum absolute atomic E-state index is 0.0498. The molecule has 2 aromatic rings. The van der Waals surface area contributed by atoms with Crippen molar-refractivity contribution in [3.63, 3.8) is 0 Å². The number of aromatic nitrogens is 2. The first-order valence-corrected chi connectivity index (χ1v) is 7.69. The van der Waals surface area contributed by atoms with Gasteiger partial charge in [-0.3, -0.25) is 14.9 Å². The van der Waals surface area contributed by atoms with Gasteiger partial charge >= 0.3 is 0 Å². The van der Waals surface area contributed by atoms with E-state index < -0.39 is 21.8 Å². The van der Waals surface area contributed by atoms with Crippen LogP contribution >= 0.6 is 11.7 Å². The second-order valence-corrected chi connectivity index (χ2v) is 6.57. The lowest BCUT2D eigenvalue weighted by Gasteiger charge is -2.24. The van der Waals surface area contributed by atoms with Crippen molar-refractivity contribution in [1.29, 1.82) is 0 Å². The average Bonchev–Trinajstić information content (AvgIpc) is 2.85. The molecule has 2 amide bonds. The van der Waals surface area contributed by atoms with E-state index in [1.54, 1.807) is 12.1 Å². The average molecular weight is 312 g/mol. The number of rotatable bonds is 2. The molecule has 1 fully saturated rings. The molecule has 1 aliphatic heterocycles. The number of nitrogens with one attached hydrogen (secondary N) is 1. The van der Waals surface area contributed by atoms with Crippen LogP contribution in [-0.2, 0) is 19.6 Å². The number of hydrogen-bond acceptors (Lipinski definition) is 7. The molecule has 0 aliphatic carbocycles. The van der Waals surface area contributed by atoms with Gasteiger partial charge in [0, 0.05) is 0 Å². The highest BCUT2D eigenvalue weighted by atomic mass is 32.2. The van der Waals surface area contributed by atoms with Gasteiger partial charge in [-0.25, -0.2) is 8.42 Å². The minimum atomic E-state index is -3.97. The Morgan fingerprint density at radius 1 is 1.15 bits per heavy atom. The molecule has 1 saturated heterocycles. The van der Waals surface area contributed by atoms with Crippen LogP contribution in [0.1, 0.15) is 0 Å². The Labute approximate surface area is 117 Å². The van der Waals surface area contributed by atoms with E-state index in [2.05, 4.69) is 14.1 Å². The van der Waals surface area contributed by atoms with Crippen molar-refractivity contribution in [2.24, 2.45) is 0 Å². The number of carbonyl (C=O) groups is 2. The summed E-state index contributed by atoms with van der Waals surface area (Å²) in [5, 5.41) is 2.06. The van der Waals surface area contributed by atoms with Crippen LogP contribution in [0.3, 0.4) is 0 Å². The summed E-state index contributed by atoms with van der Waals surface area (Å²) in [5.41, 5.74) is 0.708. The first kappa shape index (κ1) is 13.1. The van der Waals surface area contributed by atoms with Gasteiger partial charge in [0.25, 0.3) is 0 Å². The van der Waals surface area contributed by atoms with E-state index in [4.69, 9.17) is 0 Å². The third-order valence-electron chi connectivity index (χ3n) is 2.79. The van der Waals surface area contributed by atoms with E-state index in [-0.39, 0.29) is 23.5 Å². The Morgan fingerprint density at radius 2 is 1.85 bits per heavy atom. The van der Waals surface area contributed by atoms with Crippen molar-refractivity contribution in [3.05, 3.63) is 18.2 Å². The Kier molecular flexibility index (Phi) is 3.00. The van der Waals surface area contributed by atoms with Crippen molar-refractivity contribution < 1.29 is 18.0 Å². The minimum Gasteiger partial charge on any atom is -0.294 e. The zero-order chi connectivity index (χ0) is 14.3. The maximum absolute atomic E-state index is 12.5. The number of nitrogens with zero attached hydrogens (tertiary/aromatic N) is 3. The molecule has 1 N–H and O–H groups in total. The summed E-state index contributed by atoms with van der Waals surface area (Å²) in [6, 6.07) is 4.57. The van der Waals surface area contributed by atoms with Crippen LogP contribution < -0.4 is 5.32 Å². The summed E-state index contributed by atoms with van der Waals surface area (Å²) in [7, 11) is -3.97. The molecule has 0 spiro atoms. The topological polar surface area (TPSA) is 109 Å². The number of sulfonamides is 1. The highest BCUT2D eigenvalue weighted by molar-refractivity contribution is 7.89. The molecule has 20 heavy (non-hydrogen) atoms. The van der Waals surface area contributed by atoms with Gasteiger partial charge in [-0.05, 0) is 12.1 Å². The third kappa shape index (κ3) is 2.07. The Bertz CT molecular complexity index is 798. The number of benzene rings is 1. The van der Waals surface area contributed by atoms with Crippen LogP contribution in [0.5, 0.6) is 0 Å². The van der Waals surface area contributed by atoms with E-state index in [9.17, 15) is 18.0 Å². The largest absolute Gasteiger partial charge is 0.294 e. The third-order valence-corrected chi connectivity index (χ3v) is 5.15. The molecular formula is C10H8N4O4S2. The molecule has 1 aliphatic rings. The molecule has 0 atom stereocenters. The van der Waals surface area contributed by atoms with E-state index in [0.717, 1.165) is 16.0 Å². The van der Waals surface area contributed by atoms with Gasteiger partial charge < -0.3 is 0 Å². The van der Waals surface area contributed by atoms with Crippen molar-refractivity contribution in [2.45, 2.75) is 4.90 Å². The van der Waals surface area contributed by atoms with Gasteiger partial charge in [-0.2, -0.15) is 13.1 Å². The SMILES string of the molecule is O=C1CN(S(=O)(=O)c2cccc3nsnc23)CC(=O)N1. The molecule has 104 valence electrons. The predicted octanol–water partition coefficient (Wildman–Crippen LogP) is -0.662. The van der Waals surface area contributed by atoms with Crippen LogP contribution in [0.25, 0.3) is 11.0 Å². The molecule has 0 unspecified atom stereocenters. The van der Waals surface area contributed by atoms with Gasteiger partial charge in [-0.15, -0.1) is 0 Å². The fraction of sp³-hybridized carbons (Fsp3) is 0.200. The van der Waals surface area contributed by atoms with Gasteiger partial charge in [0.1, 0.15) is 15.9 Å². The number of amides is 2. The molecule has 3 rings (SSSR count). The number of fused-ring (bicyclic) bond motifs is 1. The van der Waals surface area contributed by atoms with Crippen LogP contribution in [-0.4, -0.2) is 46.4 Å². The van der Waals surface area contributed by atoms with Crippen LogP contribution in [0, 0.1) is 0 Å². The summed E-state index contributed by atoms with van der Waals surface area (Å²) in [6.45, 7) is -0.774. The van der Waals surface area contributed by atoms with Crippen molar-refractivity contribution >= 4 is 44.6 Å². The number of piperazine rings is 1. The molecule has 8 nitrogen and oxygen atoms in total. The molecule has 1 aromatic heterocycles. The fourth-order valence-corrected chi connectivity index (χ4v) is 4.01. The lowest BCUT2D eigenvalue weighted by Crippen LogP contribution is -2.53. The number of hydrogen-bond donors (Lipinski definition) is 1. The molecule has 0 bridgehead atoms. The molecule has 10 heteroatoms. The summed E-state index contributed by atoms with van der Waals surface area (Å²) in [5.74, 6) is -1.29. The highest BCUT2D eigenvalue weighted by Gasteiger charge is 2.34. The molecular weight excluding hydrogens is 304 g/mol. The zero-order valence-corrected chi connectivity index (χ0v) is 11.6. The molecule has 1 aromatic carbocycles. The van der Waals surface area contributed by atoms with Crippen LogP contribution in [0.4, 0.5) is 0 Å². The normalized spacial score (nSPS) is 17.4. The summed E-state index contributed by atoms with van der Waals surface area (Å²) < 4.78 is 33.8. The van der Waals surface area contributed by atoms with Crippen molar-refractivity contribution in [2.75, 3.05) is 13.1 Å². The summed E-state index contributed by atoms with van der Waals surface area (Å²) in [4.78, 5) is 22.6. The van der Waals surface area contributed by atoms with Gasteiger partial charge in [-0.1, -0.05) is 6.07 Å². The Balaban J connectivity index is 2.10. The van der Waals surface area contributed by atoms with Gasteiger partial charge in [0.2, 0.25) is 21.8 Å². The van der Waals surface area contributed by atoms with Crippen molar-refractivity contribution in [1.82, 2.24) is 18.4 Å². The Morgan fingerprint density at radius 3 is 2.55 bits per heavy atom. The molecule has 0 saturated carbocycles. The first-order chi connectivity index (χ1) is 9.48. The lowest BCUT2D eigenvalue weighted by atomic mass is 10.3. The van der Waals surface area contributed by atoms with E-state index in [1.165, 1.54) is 6.07 Å². The van der Waals surface area contributed by atoms with Crippen LogP contribution in [0.15, 0.2) is 23.1 Å². The number of imide groups is 1. The maximum Gasteiger partial charge on any atom is 0.246 e. The molecule has 2 heterocycles. The maximum atomic E-state index is 12.5. The standard InChI is InChI=1S/C10H8N4O4S2/c15-8-4-14(5-9(16)11-8)20(17,18)7-3-1-2-6-10(7)13-19-12-6/h1-3H,4-5H2,(H,11,15,16). The monoisotopic (exact) mass is 312 g/mol. The summed E-state index contributed by atoms with van der Waals surface area (Å²) in [6.07, 6.45) is 0. The predicted molar refractivity (Wildman–Crippen MR) is 69.3 cm³/mol. The second kappa shape index (κ2) is 4.58. The first-order valence-electron chi connectivity index (χ1n) is 5.52. The fourth-order valence-electron chi connectivity index (χ4n) is 1.91. The van der Waals surface area contributed by atoms with Crippen LogP contribution in [0.2, 0.25) is 0 Å². The quantitative estimate of drug-likeness (QED) is 0.737. The zero-order valence-electron chi connectivity index (χ0n) is 9.94. The molecule has 0 radical (unpaired) electrons. The van der Waals surface area contributed by atoms with E-state index in [0.29, 0.717) is 5.52 Å². The van der Waals surface area contributed by atoms with Crippen molar-refractivity contribution in [3.8, 4) is 0 Å². The highest BCUT2D eigenvalue weighted by Crippen LogP contribution is 2.24. The second-order valence-electron chi connectivity index (χ2n) is 4.13. The number of carbonyl (C=O) groups excluding carboxylic acids is 2. The lowest BCUT2D eigenvalue weighted by molar-refractivity contribution is -0.134. The summed E-state index contributed by atoms with van der Waals surface area (Å²) >= 11 is 0.902.